The Morgan fingerprint density at radius 2 is 1.59 bits per heavy atom. The van der Waals surface area contributed by atoms with E-state index in [4.69, 9.17) is 4.74 Å². The summed E-state index contributed by atoms with van der Waals surface area (Å²) in [5, 5.41) is 5.80. The summed E-state index contributed by atoms with van der Waals surface area (Å²) in [6.45, 7) is 11.8. The molecule has 0 spiro atoms. The van der Waals surface area contributed by atoms with Gasteiger partial charge in [-0.3, -0.25) is 9.59 Å². The standard InChI is InChI=1S/C29H49N3O4S/c1-8-9-10-11-12-16-20-32(25(26(33)30-22(2)3)23-17-14-13-15-18-23)27(34)24(19-21-37-7)31-28(35)36-29(4,5)6/h13-15,17-18,22,24-25H,8-12,16,19-21H2,1-7H3,(H,30,33)(H,31,35). The molecule has 0 bridgehead atoms. The third kappa shape index (κ3) is 13.2. The summed E-state index contributed by atoms with van der Waals surface area (Å²) in [5.41, 5.74) is 0.0693. The van der Waals surface area contributed by atoms with Crippen molar-refractivity contribution in [1.82, 2.24) is 15.5 Å². The molecule has 3 amide bonds. The fourth-order valence-corrected chi connectivity index (χ4v) is 4.52. The van der Waals surface area contributed by atoms with Crippen LogP contribution in [0.25, 0.3) is 0 Å². The predicted octanol–water partition coefficient (Wildman–Crippen LogP) is 6.09. The molecule has 8 heteroatoms. The van der Waals surface area contributed by atoms with E-state index in [2.05, 4.69) is 17.6 Å². The number of nitrogens with zero attached hydrogens (tertiary/aromatic N) is 1. The van der Waals surface area contributed by atoms with Crippen molar-refractivity contribution < 1.29 is 19.1 Å². The van der Waals surface area contributed by atoms with E-state index in [0.717, 1.165) is 31.2 Å². The van der Waals surface area contributed by atoms with E-state index >= 15 is 0 Å². The van der Waals surface area contributed by atoms with Crippen LogP contribution in [-0.4, -0.2) is 59.0 Å². The summed E-state index contributed by atoms with van der Waals surface area (Å²) < 4.78 is 5.45. The van der Waals surface area contributed by atoms with Crippen molar-refractivity contribution in [2.75, 3.05) is 18.6 Å². The van der Waals surface area contributed by atoms with E-state index in [1.807, 2.05) is 50.4 Å². The van der Waals surface area contributed by atoms with Crippen molar-refractivity contribution in [3.05, 3.63) is 35.9 Å². The zero-order valence-corrected chi connectivity index (χ0v) is 24.8. The SMILES string of the molecule is CCCCCCCCN(C(=O)C(CCSC)NC(=O)OC(C)(C)C)C(C(=O)NC(C)C)c1ccccc1. The van der Waals surface area contributed by atoms with E-state index in [0.29, 0.717) is 18.7 Å². The van der Waals surface area contributed by atoms with Crippen molar-refractivity contribution in [1.29, 1.82) is 0 Å². The Morgan fingerprint density at radius 3 is 2.16 bits per heavy atom. The average Bonchev–Trinajstić information content (AvgIpc) is 2.81. The van der Waals surface area contributed by atoms with Crippen molar-refractivity contribution >= 4 is 29.7 Å². The van der Waals surface area contributed by atoms with Crippen molar-refractivity contribution in [3.63, 3.8) is 0 Å². The lowest BCUT2D eigenvalue weighted by Crippen LogP contribution is -2.53. The minimum Gasteiger partial charge on any atom is -0.444 e. The summed E-state index contributed by atoms with van der Waals surface area (Å²) in [7, 11) is 0. The van der Waals surface area contributed by atoms with Gasteiger partial charge in [-0.05, 0) is 65.0 Å². The molecule has 0 aromatic heterocycles. The molecule has 7 nitrogen and oxygen atoms in total. The average molecular weight is 536 g/mol. The fraction of sp³-hybridized carbons (Fsp3) is 0.690. The first kappa shape index (κ1) is 32.8. The topological polar surface area (TPSA) is 87.7 Å². The molecule has 1 rings (SSSR count). The largest absolute Gasteiger partial charge is 0.444 e. The van der Waals surface area contributed by atoms with Crippen LogP contribution in [0.2, 0.25) is 0 Å². The molecule has 0 aliphatic carbocycles. The van der Waals surface area contributed by atoms with Gasteiger partial charge in [0.15, 0.2) is 0 Å². The molecule has 0 radical (unpaired) electrons. The number of carbonyl (C=O) groups is 3. The van der Waals surface area contributed by atoms with Gasteiger partial charge in [-0.15, -0.1) is 0 Å². The first-order valence-electron chi connectivity index (χ1n) is 13.6. The van der Waals surface area contributed by atoms with Gasteiger partial charge in [-0.1, -0.05) is 69.4 Å². The maximum atomic E-state index is 14.1. The number of thioether (sulfide) groups is 1. The second-order valence-corrected chi connectivity index (χ2v) is 11.7. The van der Waals surface area contributed by atoms with E-state index in [9.17, 15) is 14.4 Å². The molecule has 0 saturated heterocycles. The van der Waals surface area contributed by atoms with Crippen molar-refractivity contribution in [3.8, 4) is 0 Å². The highest BCUT2D eigenvalue weighted by Gasteiger charge is 2.36. The first-order valence-corrected chi connectivity index (χ1v) is 15.0. The number of hydrogen-bond acceptors (Lipinski definition) is 5. The van der Waals surface area contributed by atoms with Crippen molar-refractivity contribution in [2.45, 2.75) is 110 Å². The van der Waals surface area contributed by atoms with Gasteiger partial charge in [0.1, 0.15) is 17.7 Å². The number of hydrogen-bond donors (Lipinski definition) is 2. The Morgan fingerprint density at radius 1 is 0.973 bits per heavy atom. The van der Waals surface area contributed by atoms with E-state index < -0.39 is 23.8 Å². The van der Waals surface area contributed by atoms with Crippen LogP contribution in [0.5, 0.6) is 0 Å². The van der Waals surface area contributed by atoms with Crippen LogP contribution in [0.4, 0.5) is 4.79 Å². The normalized spacial score (nSPS) is 13.1. The summed E-state index contributed by atoms with van der Waals surface area (Å²) >= 11 is 1.61. The van der Waals surface area contributed by atoms with Crippen LogP contribution in [0.1, 0.15) is 98.1 Å². The first-order chi connectivity index (χ1) is 17.5. The molecule has 210 valence electrons. The van der Waals surface area contributed by atoms with E-state index in [-0.39, 0.29) is 17.9 Å². The zero-order valence-electron chi connectivity index (χ0n) is 24.0. The monoisotopic (exact) mass is 535 g/mol. The second-order valence-electron chi connectivity index (χ2n) is 10.8. The highest BCUT2D eigenvalue weighted by molar-refractivity contribution is 7.98. The quantitative estimate of drug-likeness (QED) is 0.250. The number of unbranched alkanes of at least 4 members (excludes halogenated alkanes) is 5. The van der Waals surface area contributed by atoms with Crippen LogP contribution in [0.15, 0.2) is 30.3 Å². The number of amides is 3. The Balaban J connectivity index is 3.32. The van der Waals surface area contributed by atoms with Crippen LogP contribution < -0.4 is 10.6 Å². The van der Waals surface area contributed by atoms with E-state index in [1.165, 1.54) is 12.8 Å². The van der Waals surface area contributed by atoms with Gasteiger partial charge in [-0.25, -0.2) is 4.79 Å². The maximum absolute atomic E-state index is 14.1. The Hall–Kier alpha value is -2.22. The van der Waals surface area contributed by atoms with Crippen LogP contribution in [-0.2, 0) is 14.3 Å². The Kier molecular flexibility index (Phi) is 15.4. The Labute approximate surface area is 228 Å². The number of rotatable bonds is 16. The molecule has 0 aliphatic rings. The van der Waals surface area contributed by atoms with Gasteiger partial charge in [0.2, 0.25) is 11.8 Å². The molecule has 0 aliphatic heterocycles. The van der Waals surface area contributed by atoms with Crippen molar-refractivity contribution in [2.24, 2.45) is 0 Å². The highest BCUT2D eigenvalue weighted by atomic mass is 32.2. The number of alkyl carbamates (subject to hydrolysis) is 1. The summed E-state index contributed by atoms with van der Waals surface area (Å²) in [6.07, 6.45) is 8.17. The van der Waals surface area contributed by atoms with Gasteiger partial charge in [0.25, 0.3) is 0 Å². The number of benzene rings is 1. The van der Waals surface area contributed by atoms with Crippen LogP contribution in [0.3, 0.4) is 0 Å². The van der Waals surface area contributed by atoms with E-state index in [1.54, 1.807) is 37.4 Å². The molecular formula is C29H49N3O4S. The lowest BCUT2D eigenvalue weighted by atomic mass is 10.0. The second kappa shape index (κ2) is 17.3. The molecule has 1 aromatic carbocycles. The summed E-state index contributed by atoms with van der Waals surface area (Å²) in [4.78, 5) is 41.9. The Bertz CT molecular complexity index is 811. The molecule has 2 N–H and O–H groups in total. The number of nitrogens with one attached hydrogen (secondary N) is 2. The molecule has 0 saturated carbocycles. The highest BCUT2D eigenvalue weighted by Crippen LogP contribution is 2.24. The van der Waals surface area contributed by atoms with Gasteiger partial charge in [0.05, 0.1) is 0 Å². The third-order valence-corrected chi connectivity index (χ3v) is 6.39. The molecule has 37 heavy (non-hydrogen) atoms. The molecule has 0 fully saturated rings. The number of carbonyl (C=O) groups excluding carboxylic acids is 3. The van der Waals surface area contributed by atoms with Crippen LogP contribution >= 0.6 is 11.8 Å². The molecule has 0 heterocycles. The third-order valence-electron chi connectivity index (χ3n) is 5.74. The van der Waals surface area contributed by atoms with Gasteiger partial charge < -0.3 is 20.3 Å². The van der Waals surface area contributed by atoms with Gasteiger partial charge in [-0.2, -0.15) is 11.8 Å². The maximum Gasteiger partial charge on any atom is 0.408 e. The lowest BCUT2D eigenvalue weighted by Gasteiger charge is -2.35. The summed E-state index contributed by atoms with van der Waals surface area (Å²) in [6, 6.07) is 7.76. The van der Waals surface area contributed by atoms with Crippen LogP contribution in [0, 0.1) is 0 Å². The number of ether oxygens (including phenoxy) is 1. The minimum atomic E-state index is -0.791. The predicted molar refractivity (Wildman–Crippen MR) is 154 cm³/mol. The summed E-state index contributed by atoms with van der Waals surface area (Å²) in [5.74, 6) is 0.202. The molecule has 1 aromatic rings. The minimum absolute atomic E-state index is 0.0723. The molecular weight excluding hydrogens is 486 g/mol. The lowest BCUT2D eigenvalue weighted by molar-refractivity contribution is -0.142. The van der Waals surface area contributed by atoms with Gasteiger partial charge in [0, 0.05) is 12.6 Å². The molecule has 2 unspecified atom stereocenters. The molecule has 2 atom stereocenters. The zero-order chi connectivity index (χ0) is 27.8. The fourth-order valence-electron chi connectivity index (χ4n) is 4.04. The van der Waals surface area contributed by atoms with Gasteiger partial charge >= 0.3 is 6.09 Å². The smallest absolute Gasteiger partial charge is 0.408 e.